The van der Waals surface area contributed by atoms with E-state index in [0.717, 1.165) is 38.0 Å². The first-order valence-electron chi connectivity index (χ1n) is 5.79. The van der Waals surface area contributed by atoms with Crippen molar-refractivity contribution in [1.29, 1.82) is 5.26 Å². The van der Waals surface area contributed by atoms with Gasteiger partial charge in [0.1, 0.15) is 11.6 Å². The third-order valence-electron chi connectivity index (χ3n) is 3.30. The molecular weight excluding hydrogens is 240 g/mol. The van der Waals surface area contributed by atoms with E-state index < -0.39 is 5.97 Å². The van der Waals surface area contributed by atoms with Crippen LogP contribution in [0.4, 0.5) is 0 Å². The van der Waals surface area contributed by atoms with E-state index in [0.29, 0.717) is 12.5 Å². The number of nitrogens with zero attached hydrogens (tertiary/aromatic N) is 2. The molecule has 94 valence electrons. The van der Waals surface area contributed by atoms with Crippen molar-refractivity contribution >= 4 is 18.4 Å². The second-order valence-electron chi connectivity index (χ2n) is 4.31. The molecular formula is C12H17ClN2O2. The number of carbonyl (C=O) groups is 1. The average Bonchev–Trinajstić information content (AvgIpc) is 2.56. The number of carbonyl (C=O) groups excluding carboxylic acids is 1. The summed E-state index contributed by atoms with van der Waals surface area (Å²) in [5.41, 5.74) is 1.25. The van der Waals surface area contributed by atoms with Crippen LogP contribution in [0.5, 0.6) is 0 Å². The molecule has 2 rings (SSSR count). The van der Waals surface area contributed by atoms with Crippen LogP contribution in [0.3, 0.4) is 0 Å². The first-order chi connectivity index (χ1) is 7.76. The summed E-state index contributed by atoms with van der Waals surface area (Å²) in [6, 6.07) is 2.02. The van der Waals surface area contributed by atoms with E-state index >= 15 is 0 Å². The SMILES string of the molecule is CCOC(=O)C(C#N)=C1CN2CCCC1C2.Cl. The molecule has 2 aliphatic rings. The summed E-state index contributed by atoms with van der Waals surface area (Å²) in [6.07, 6.45) is 2.26. The second-order valence-corrected chi connectivity index (χ2v) is 4.31. The highest BCUT2D eigenvalue weighted by atomic mass is 35.5. The minimum Gasteiger partial charge on any atom is -0.462 e. The Morgan fingerprint density at radius 3 is 3.00 bits per heavy atom. The number of nitriles is 1. The second kappa shape index (κ2) is 6.04. The van der Waals surface area contributed by atoms with Crippen molar-refractivity contribution in [3.05, 3.63) is 11.1 Å². The van der Waals surface area contributed by atoms with Crippen molar-refractivity contribution in [2.24, 2.45) is 5.92 Å². The molecule has 2 atom stereocenters. The number of halogens is 1. The Morgan fingerprint density at radius 2 is 2.41 bits per heavy atom. The van der Waals surface area contributed by atoms with Crippen LogP contribution in [0.25, 0.3) is 0 Å². The fourth-order valence-electron chi connectivity index (χ4n) is 2.59. The molecule has 17 heavy (non-hydrogen) atoms. The van der Waals surface area contributed by atoms with Gasteiger partial charge in [0.25, 0.3) is 0 Å². The molecule has 5 heteroatoms. The van der Waals surface area contributed by atoms with Crippen LogP contribution < -0.4 is 0 Å². The number of piperidine rings is 1. The van der Waals surface area contributed by atoms with Crippen LogP contribution >= 0.6 is 12.4 Å². The molecule has 2 aliphatic heterocycles. The van der Waals surface area contributed by atoms with Crippen molar-refractivity contribution in [2.75, 3.05) is 26.2 Å². The summed E-state index contributed by atoms with van der Waals surface area (Å²) in [5.74, 6) is -0.0541. The third-order valence-corrected chi connectivity index (χ3v) is 3.30. The highest BCUT2D eigenvalue weighted by Crippen LogP contribution is 2.33. The fraction of sp³-hybridized carbons (Fsp3) is 0.667. The number of fused-ring (bicyclic) bond motifs is 2. The standard InChI is InChI=1S/C12H16N2O2.ClH/c1-2-16-12(15)10(6-13)11-8-14-5-3-4-9(11)7-14;/h9H,2-5,7-8H2,1H3;1H. The quantitative estimate of drug-likeness (QED) is 0.427. The molecule has 2 bridgehead atoms. The predicted octanol–water partition coefficient (Wildman–Crippen LogP) is 1.52. The zero-order valence-electron chi connectivity index (χ0n) is 9.94. The molecule has 0 radical (unpaired) electrons. The minimum absolute atomic E-state index is 0. The topological polar surface area (TPSA) is 53.3 Å². The van der Waals surface area contributed by atoms with Gasteiger partial charge in [0, 0.05) is 13.1 Å². The first kappa shape index (κ1) is 14.0. The number of hydrogen-bond acceptors (Lipinski definition) is 4. The van der Waals surface area contributed by atoms with Crippen molar-refractivity contribution in [1.82, 2.24) is 4.90 Å². The Labute approximate surface area is 108 Å². The van der Waals surface area contributed by atoms with Gasteiger partial charge < -0.3 is 4.74 Å². The molecule has 2 fully saturated rings. The van der Waals surface area contributed by atoms with Crippen molar-refractivity contribution in [3.8, 4) is 6.07 Å². The molecule has 0 aromatic heterocycles. The summed E-state index contributed by atoms with van der Waals surface area (Å²) < 4.78 is 4.92. The highest BCUT2D eigenvalue weighted by molar-refractivity contribution is 5.94. The maximum atomic E-state index is 11.6. The minimum atomic E-state index is -0.450. The molecule has 0 amide bonds. The van der Waals surface area contributed by atoms with Crippen LogP contribution in [0, 0.1) is 17.2 Å². The van der Waals surface area contributed by atoms with Gasteiger partial charge in [-0.3, -0.25) is 4.90 Å². The van der Waals surface area contributed by atoms with E-state index in [4.69, 9.17) is 10.00 Å². The number of hydrogen-bond donors (Lipinski definition) is 0. The molecule has 0 saturated carbocycles. The van der Waals surface area contributed by atoms with Gasteiger partial charge in [-0.25, -0.2) is 4.79 Å². The van der Waals surface area contributed by atoms with Gasteiger partial charge in [0.15, 0.2) is 0 Å². The Morgan fingerprint density at radius 1 is 1.65 bits per heavy atom. The van der Waals surface area contributed by atoms with Gasteiger partial charge in [-0.1, -0.05) is 0 Å². The summed E-state index contributed by atoms with van der Waals surface area (Å²) in [7, 11) is 0. The maximum Gasteiger partial charge on any atom is 0.348 e. The third kappa shape index (κ3) is 2.80. The maximum absolute atomic E-state index is 11.6. The molecule has 0 aliphatic carbocycles. The summed E-state index contributed by atoms with van der Waals surface area (Å²) >= 11 is 0. The predicted molar refractivity (Wildman–Crippen MR) is 65.7 cm³/mol. The highest BCUT2D eigenvalue weighted by Gasteiger charge is 2.34. The van der Waals surface area contributed by atoms with Crippen molar-refractivity contribution in [3.63, 3.8) is 0 Å². The molecule has 0 aromatic carbocycles. The Bertz CT molecular complexity index is 373. The van der Waals surface area contributed by atoms with Gasteiger partial charge in [-0.05, 0) is 37.8 Å². The number of esters is 1. The molecule has 0 N–H and O–H groups in total. The van der Waals surface area contributed by atoms with E-state index in [1.54, 1.807) is 6.92 Å². The van der Waals surface area contributed by atoms with Gasteiger partial charge in [0.2, 0.25) is 0 Å². The van der Waals surface area contributed by atoms with Crippen molar-refractivity contribution < 1.29 is 9.53 Å². The Kier molecular flexibility index (Phi) is 4.98. The fourth-order valence-corrected chi connectivity index (χ4v) is 2.59. The zero-order valence-corrected chi connectivity index (χ0v) is 10.8. The molecule has 2 saturated heterocycles. The zero-order chi connectivity index (χ0) is 11.5. The Balaban J connectivity index is 0.00000144. The van der Waals surface area contributed by atoms with Crippen LogP contribution in [-0.4, -0.2) is 37.1 Å². The summed E-state index contributed by atoms with van der Waals surface area (Å²) in [6.45, 7) is 4.94. The molecule has 0 spiro atoms. The largest absolute Gasteiger partial charge is 0.462 e. The van der Waals surface area contributed by atoms with E-state index in [1.165, 1.54) is 0 Å². The molecule has 4 nitrogen and oxygen atoms in total. The monoisotopic (exact) mass is 256 g/mol. The lowest BCUT2D eigenvalue weighted by Gasteiger charge is -2.20. The summed E-state index contributed by atoms with van der Waals surface area (Å²) in [5, 5.41) is 9.08. The lowest BCUT2D eigenvalue weighted by molar-refractivity contribution is -0.138. The van der Waals surface area contributed by atoms with Gasteiger partial charge in [-0.15, -0.1) is 12.4 Å². The smallest absolute Gasteiger partial charge is 0.348 e. The van der Waals surface area contributed by atoms with Gasteiger partial charge >= 0.3 is 5.97 Å². The van der Waals surface area contributed by atoms with E-state index in [2.05, 4.69) is 4.90 Å². The number of rotatable bonds is 2. The van der Waals surface area contributed by atoms with Crippen molar-refractivity contribution in [2.45, 2.75) is 19.8 Å². The lowest BCUT2D eigenvalue weighted by Crippen LogP contribution is -2.25. The first-order valence-corrected chi connectivity index (χ1v) is 5.79. The van der Waals surface area contributed by atoms with Crippen LogP contribution in [0.2, 0.25) is 0 Å². The van der Waals surface area contributed by atoms with Gasteiger partial charge in [-0.2, -0.15) is 5.26 Å². The van der Waals surface area contributed by atoms with Crippen LogP contribution in [0.15, 0.2) is 11.1 Å². The Hall–Kier alpha value is -1.05. The lowest BCUT2D eigenvalue weighted by atomic mass is 9.93. The van der Waals surface area contributed by atoms with Gasteiger partial charge in [0.05, 0.1) is 6.61 Å². The summed E-state index contributed by atoms with van der Waals surface area (Å²) in [4.78, 5) is 13.9. The van der Waals surface area contributed by atoms with Crippen LogP contribution in [-0.2, 0) is 9.53 Å². The van der Waals surface area contributed by atoms with E-state index in [-0.39, 0.29) is 18.0 Å². The average molecular weight is 257 g/mol. The van der Waals surface area contributed by atoms with E-state index in [1.807, 2.05) is 6.07 Å². The number of ether oxygens (including phenoxy) is 1. The van der Waals surface area contributed by atoms with E-state index in [9.17, 15) is 4.79 Å². The molecule has 2 heterocycles. The van der Waals surface area contributed by atoms with Crippen LogP contribution in [0.1, 0.15) is 19.8 Å². The molecule has 0 aromatic rings. The molecule has 2 unspecified atom stereocenters. The normalized spacial score (nSPS) is 28.9.